The van der Waals surface area contributed by atoms with Crippen LogP contribution in [0.25, 0.3) is 0 Å². The fourth-order valence-corrected chi connectivity index (χ4v) is 4.63. The molecule has 1 heterocycles. The molecule has 1 atom stereocenters. The van der Waals surface area contributed by atoms with Crippen molar-refractivity contribution in [1.82, 2.24) is 14.5 Å². The number of anilines is 1. The molecule has 0 aliphatic carbocycles. The van der Waals surface area contributed by atoms with E-state index in [0.717, 1.165) is 23.5 Å². The van der Waals surface area contributed by atoms with Gasteiger partial charge in [0, 0.05) is 18.8 Å². The van der Waals surface area contributed by atoms with Crippen LogP contribution in [0.3, 0.4) is 0 Å². The fraction of sp³-hybridized carbons (Fsp3) is 0.750. The number of aromatic nitrogens is 2. The van der Waals surface area contributed by atoms with Crippen LogP contribution in [0.4, 0.5) is 5.13 Å². The molecule has 0 spiro atoms. The summed E-state index contributed by atoms with van der Waals surface area (Å²) in [6.07, 6.45) is 2.71. The topological polar surface area (TPSA) is 89.2 Å². The largest absolute Gasteiger partial charge is 0.374 e. The average molecular weight is 296 g/mol. The molecule has 1 rings (SSSR count). The molecule has 0 saturated carbocycles. The maximum absolute atomic E-state index is 12.2. The zero-order valence-electron chi connectivity index (χ0n) is 9.95. The van der Waals surface area contributed by atoms with E-state index in [4.69, 9.17) is 5.73 Å². The average Bonchev–Trinajstić information content (AvgIpc) is 2.72. The quantitative estimate of drug-likeness (QED) is 0.838. The first-order valence-electron chi connectivity index (χ1n) is 4.99. The molecule has 0 amide bonds. The lowest BCUT2D eigenvalue weighted by Crippen LogP contribution is -2.38. The van der Waals surface area contributed by atoms with Gasteiger partial charge in [0.1, 0.15) is 0 Å². The predicted octanol–water partition coefficient (Wildman–Crippen LogP) is 0.882. The van der Waals surface area contributed by atoms with Crippen LogP contribution in [0.2, 0.25) is 0 Å². The van der Waals surface area contributed by atoms with Crippen LogP contribution in [-0.2, 0) is 10.0 Å². The van der Waals surface area contributed by atoms with Crippen LogP contribution in [0.5, 0.6) is 0 Å². The highest BCUT2D eigenvalue weighted by Gasteiger charge is 2.29. The Labute approximate surface area is 110 Å². The Morgan fingerprint density at radius 3 is 2.59 bits per heavy atom. The SMILES string of the molecule is CCC(CSC)N(C)S(=O)(=O)c1nnc(N)s1. The highest BCUT2D eigenvalue weighted by Crippen LogP contribution is 2.23. The molecule has 0 bridgehead atoms. The van der Waals surface area contributed by atoms with Crippen molar-refractivity contribution >= 4 is 38.3 Å². The standard InChI is InChI=1S/C8H16N4O2S3/c1-4-6(5-15-3)12(2)17(13,14)8-11-10-7(9)16-8/h6H,4-5H2,1-3H3,(H2,9,10). The third-order valence-electron chi connectivity index (χ3n) is 2.37. The van der Waals surface area contributed by atoms with Crippen LogP contribution >= 0.6 is 23.1 Å². The molecule has 9 heteroatoms. The van der Waals surface area contributed by atoms with Gasteiger partial charge in [-0.1, -0.05) is 18.3 Å². The number of hydrogen-bond acceptors (Lipinski definition) is 7. The van der Waals surface area contributed by atoms with Gasteiger partial charge in [0.05, 0.1) is 0 Å². The number of sulfonamides is 1. The van der Waals surface area contributed by atoms with Gasteiger partial charge < -0.3 is 5.73 Å². The van der Waals surface area contributed by atoms with E-state index >= 15 is 0 Å². The summed E-state index contributed by atoms with van der Waals surface area (Å²) in [4.78, 5) is 0. The van der Waals surface area contributed by atoms with E-state index in [1.54, 1.807) is 18.8 Å². The second-order valence-electron chi connectivity index (χ2n) is 3.44. The molecule has 2 N–H and O–H groups in total. The first kappa shape index (κ1) is 14.7. The Bertz CT molecular complexity index is 459. The molecule has 98 valence electrons. The molecule has 17 heavy (non-hydrogen) atoms. The Kier molecular flexibility index (Phi) is 5.17. The Hall–Kier alpha value is -0.380. The minimum Gasteiger partial charge on any atom is -0.374 e. The van der Waals surface area contributed by atoms with Crippen molar-refractivity contribution in [2.24, 2.45) is 0 Å². The molecule has 6 nitrogen and oxygen atoms in total. The maximum atomic E-state index is 12.2. The number of rotatable bonds is 6. The van der Waals surface area contributed by atoms with E-state index in [-0.39, 0.29) is 15.5 Å². The Morgan fingerprint density at radius 1 is 1.53 bits per heavy atom. The van der Waals surface area contributed by atoms with Gasteiger partial charge in [-0.3, -0.25) is 0 Å². The monoisotopic (exact) mass is 296 g/mol. The molecule has 0 radical (unpaired) electrons. The van der Waals surface area contributed by atoms with Crippen LogP contribution in [0.1, 0.15) is 13.3 Å². The summed E-state index contributed by atoms with van der Waals surface area (Å²) >= 11 is 2.50. The second kappa shape index (κ2) is 5.98. The molecule has 0 aliphatic heterocycles. The summed E-state index contributed by atoms with van der Waals surface area (Å²) in [5.41, 5.74) is 5.40. The van der Waals surface area contributed by atoms with Gasteiger partial charge >= 0.3 is 0 Å². The number of nitrogen functional groups attached to an aromatic ring is 1. The number of thioether (sulfide) groups is 1. The Morgan fingerprint density at radius 2 is 2.18 bits per heavy atom. The van der Waals surface area contributed by atoms with Gasteiger partial charge in [-0.15, -0.1) is 10.2 Å². The van der Waals surface area contributed by atoms with Gasteiger partial charge in [0.2, 0.25) is 9.47 Å². The van der Waals surface area contributed by atoms with E-state index in [1.165, 1.54) is 4.31 Å². The second-order valence-corrected chi connectivity index (χ2v) is 7.54. The smallest absolute Gasteiger partial charge is 0.272 e. The molecule has 0 saturated heterocycles. The van der Waals surface area contributed by atoms with Gasteiger partial charge in [-0.05, 0) is 12.7 Å². The van der Waals surface area contributed by atoms with Crippen LogP contribution in [0.15, 0.2) is 4.34 Å². The molecule has 1 unspecified atom stereocenters. The number of nitrogens with two attached hydrogens (primary N) is 1. The minimum absolute atomic E-state index is 0.0416. The third kappa shape index (κ3) is 3.30. The summed E-state index contributed by atoms with van der Waals surface area (Å²) in [6.45, 7) is 1.96. The highest BCUT2D eigenvalue weighted by molar-refractivity contribution is 7.98. The maximum Gasteiger partial charge on any atom is 0.272 e. The summed E-state index contributed by atoms with van der Waals surface area (Å²) in [5, 5.41) is 7.29. The van der Waals surface area contributed by atoms with Crippen molar-refractivity contribution in [2.45, 2.75) is 23.7 Å². The lowest BCUT2D eigenvalue weighted by Gasteiger charge is -2.24. The van der Waals surface area contributed by atoms with E-state index < -0.39 is 10.0 Å². The van der Waals surface area contributed by atoms with Gasteiger partial charge in [-0.25, -0.2) is 8.42 Å². The molecule has 0 aliphatic rings. The fourth-order valence-electron chi connectivity index (χ4n) is 1.32. The van der Waals surface area contributed by atoms with Crippen molar-refractivity contribution < 1.29 is 8.42 Å². The minimum atomic E-state index is -3.57. The van der Waals surface area contributed by atoms with Crippen LogP contribution in [-0.4, -0.2) is 48.0 Å². The van der Waals surface area contributed by atoms with Crippen molar-refractivity contribution in [3.8, 4) is 0 Å². The predicted molar refractivity (Wildman–Crippen MR) is 71.7 cm³/mol. The number of nitrogens with zero attached hydrogens (tertiary/aromatic N) is 3. The van der Waals surface area contributed by atoms with Crippen molar-refractivity contribution in [2.75, 3.05) is 24.8 Å². The van der Waals surface area contributed by atoms with Crippen molar-refractivity contribution in [3.05, 3.63) is 0 Å². The highest BCUT2D eigenvalue weighted by atomic mass is 32.2. The van der Waals surface area contributed by atoms with Crippen LogP contribution in [0, 0.1) is 0 Å². The molecule has 0 aromatic carbocycles. The summed E-state index contributed by atoms with van der Waals surface area (Å²) in [6, 6.07) is -0.0416. The van der Waals surface area contributed by atoms with Gasteiger partial charge in [0.25, 0.3) is 10.0 Å². The van der Waals surface area contributed by atoms with E-state index in [1.807, 2.05) is 13.2 Å². The lowest BCUT2D eigenvalue weighted by atomic mass is 10.3. The summed E-state index contributed by atoms with van der Waals surface area (Å²) in [5.74, 6) is 0.751. The first-order valence-corrected chi connectivity index (χ1v) is 8.64. The summed E-state index contributed by atoms with van der Waals surface area (Å²) < 4.78 is 25.7. The molecule has 1 aromatic rings. The van der Waals surface area contributed by atoms with Crippen molar-refractivity contribution in [3.63, 3.8) is 0 Å². The molecular formula is C8H16N4O2S3. The molecule has 1 aromatic heterocycles. The zero-order chi connectivity index (χ0) is 13.1. The summed E-state index contributed by atoms with van der Waals surface area (Å²) in [7, 11) is -2.00. The van der Waals surface area contributed by atoms with Crippen molar-refractivity contribution in [1.29, 1.82) is 0 Å². The van der Waals surface area contributed by atoms with E-state index in [2.05, 4.69) is 10.2 Å². The van der Waals surface area contributed by atoms with Crippen LogP contribution < -0.4 is 5.73 Å². The zero-order valence-corrected chi connectivity index (χ0v) is 12.4. The lowest BCUT2D eigenvalue weighted by molar-refractivity contribution is 0.385. The normalized spacial score (nSPS) is 14.1. The first-order chi connectivity index (χ1) is 7.93. The van der Waals surface area contributed by atoms with E-state index in [9.17, 15) is 8.42 Å². The molecule has 0 fully saturated rings. The van der Waals surface area contributed by atoms with E-state index in [0.29, 0.717) is 0 Å². The Balaban J connectivity index is 2.97. The molecular weight excluding hydrogens is 280 g/mol. The van der Waals surface area contributed by atoms with Gasteiger partial charge in [-0.2, -0.15) is 16.1 Å². The van der Waals surface area contributed by atoms with Gasteiger partial charge in [0.15, 0.2) is 0 Å². The third-order valence-corrected chi connectivity index (χ3v) is 6.09. The number of hydrogen-bond donors (Lipinski definition) is 1.